The number of carbonyl (C=O) groups excluding carboxylic acids is 1. The maximum absolute atomic E-state index is 12.7. The van der Waals surface area contributed by atoms with Crippen molar-refractivity contribution < 1.29 is 17.6 Å². The Morgan fingerprint density at radius 1 is 1.26 bits per heavy atom. The van der Waals surface area contributed by atoms with Gasteiger partial charge >= 0.3 is 0 Å². The fourth-order valence-electron chi connectivity index (χ4n) is 1.71. The summed E-state index contributed by atoms with van der Waals surface area (Å²) in [5, 5.41) is 0. The lowest BCUT2D eigenvalue weighted by Gasteiger charge is -2.30. The van der Waals surface area contributed by atoms with E-state index in [1.54, 1.807) is 4.90 Å². The molecule has 0 spiro atoms. The van der Waals surface area contributed by atoms with Crippen LogP contribution in [0.15, 0.2) is 29.2 Å². The van der Waals surface area contributed by atoms with Crippen LogP contribution in [-0.2, 0) is 14.8 Å². The van der Waals surface area contributed by atoms with Gasteiger partial charge in [0.1, 0.15) is 5.82 Å². The SMILES string of the molecule is O=C(CCNS(=O)(=O)c1ccc(F)cc1)N1CCC1. The van der Waals surface area contributed by atoms with Gasteiger partial charge in [-0.1, -0.05) is 0 Å². The Kier molecular flexibility index (Phi) is 4.16. The van der Waals surface area contributed by atoms with Gasteiger partial charge in [-0.3, -0.25) is 4.79 Å². The summed E-state index contributed by atoms with van der Waals surface area (Å²) in [6, 6.07) is 4.55. The Bertz CT molecular complexity index is 553. The molecule has 0 unspecified atom stereocenters. The molecule has 1 N–H and O–H groups in total. The lowest BCUT2D eigenvalue weighted by Crippen LogP contribution is -2.43. The van der Waals surface area contributed by atoms with Crippen LogP contribution in [0.3, 0.4) is 0 Å². The van der Waals surface area contributed by atoms with Crippen LogP contribution in [0.2, 0.25) is 0 Å². The maximum Gasteiger partial charge on any atom is 0.240 e. The predicted molar refractivity (Wildman–Crippen MR) is 67.4 cm³/mol. The summed E-state index contributed by atoms with van der Waals surface area (Å²) < 4.78 is 38.7. The van der Waals surface area contributed by atoms with E-state index in [9.17, 15) is 17.6 Å². The van der Waals surface area contributed by atoms with Crippen LogP contribution in [0.1, 0.15) is 12.8 Å². The average molecular weight is 286 g/mol. The Labute approximate surface area is 111 Å². The number of sulfonamides is 1. The van der Waals surface area contributed by atoms with Crippen molar-refractivity contribution in [2.24, 2.45) is 0 Å². The first-order valence-corrected chi connectivity index (χ1v) is 7.50. The van der Waals surface area contributed by atoms with E-state index in [0.29, 0.717) is 0 Å². The number of likely N-dealkylation sites (tertiary alicyclic amines) is 1. The van der Waals surface area contributed by atoms with Crippen LogP contribution in [0.25, 0.3) is 0 Å². The van der Waals surface area contributed by atoms with Gasteiger partial charge in [0.15, 0.2) is 0 Å². The molecule has 1 fully saturated rings. The van der Waals surface area contributed by atoms with Crippen molar-refractivity contribution in [2.75, 3.05) is 19.6 Å². The lowest BCUT2D eigenvalue weighted by molar-refractivity contribution is -0.134. The molecule has 2 rings (SSSR count). The minimum atomic E-state index is -3.67. The van der Waals surface area contributed by atoms with Gasteiger partial charge in [-0.15, -0.1) is 0 Å². The van der Waals surface area contributed by atoms with Gasteiger partial charge in [0.25, 0.3) is 0 Å². The van der Waals surface area contributed by atoms with E-state index in [1.807, 2.05) is 0 Å². The number of nitrogens with zero attached hydrogens (tertiary/aromatic N) is 1. The van der Waals surface area contributed by atoms with Gasteiger partial charge in [-0.2, -0.15) is 0 Å². The molecule has 1 aliphatic rings. The second-order valence-corrected chi connectivity index (χ2v) is 6.10. The van der Waals surface area contributed by atoms with Crippen LogP contribution in [0.5, 0.6) is 0 Å². The van der Waals surface area contributed by atoms with Crippen molar-refractivity contribution in [2.45, 2.75) is 17.7 Å². The molecule has 1 saturated heterocycles. The quantitative estimate of drug-likeness (QED) is 0.867. The lowest BCUT2D eigenvalue weighted by atomic mass is 10.2. The van der Waals surface area contributed by atoms with E-state index in [2.05, 4.69) is 4.72 Å². The van der Waals surface area contributed by atoms with Crippen molar-refractivity contribution in [3.8, 4) is 0 Å². The largest absolute Gasteiger partial charge is 0.343 e. The molecular weight excluding hydrogens is 271 g/mol. The highest BCUT2D eigenvalue weighted by molar-refractivity contribution is 7.89. The van der Waals surface area contributed by atoms with E-state index >= 15 is 0 Å². The summed E-state index contributed by atoms with van der Waals surface area (Å²) in [5.74, 6) is -0.542. The topological polar surface area (TPSA) is 66.5 Å². The minimum Gasteiger partial charge on any atom is -0.343 e. The third kappa shape index (κ3) is 3.51. The Hall–Kier alpha value is -1.47. The number of halogens is 1. The maximum atomic E-state index is 12.7. The van der Waals surface area contributed by atoms with Gasteiger partial charge < -0.3 is 4.90 Å². The zero-order valence-corrected chi connectivity index (χ0v) is 11.1. The normalized spacial score (nSPS) is 15.1. The van der Waals surface area contributed by atoms with Crippen LogP contribution >= 0.6 is 0 Å². The van der Waals surface area contributed by atoms with Crippen molar-refractivity contribution in [1.82, 2.24) is 9.62 Å². The molecular formula is C12H15FN2O3S. The third-order valence-corrected chi connectivity index (χ3v) is 4.44. The molecule has 0 saturated carbocycles. The summed E-state index contributed by atoms with van der Waals surface area (Å²) >= 11 is 0. The monoisotopic (exact) mass is 286 g/mol. The van der Waals surface area contributed by atoms with Gasteiger partial charge in [-0.05, 0) is 30.7 Å². The van der Waals surface area contributed by atoms with Gasteiger partial charge in [0.2, 0.25) is 15.9 Å². The van der Waals surface area contributed by atoms with Crippen molar-refractivity contribution in [1.29, 1.82) is 0 Å². The molecule has 104 valence electrons. The van der Waals surface area contributed by atoms with Crippen LogP contribution in [-0.4, -0.2) is 38.9 Å². The highest BCUT2D eigenvalue weighted by Gasteiger charge is 2.20. The molecule has 1 aromatic carbocycles. The molecule has 1 amide bonds. The first-order valence-electron chi connectivity index (χ1n) is 6.02. The zero-order valence-electron chi connectivity index (χ0n) is 10.3. The molecule has 5 nitrogen and oxygen atoms in total. The number of benzene rings is 1. The van der Waals surface area contributed by atoms with Crippen molar-refractivity contribution in [3.05, 3.63) is 30.1 Å². The number of hydrogen-bond acceptors (Lipinski definition) is 3. The Balaban J connectivity index is 1.87. The molecule has 0 aliphatic carbocycles. The number of amides is 1. The fourth-order valence-corrected chi connectivity index (χ4v) is 2.74. The smallest absolute Gasteiger partial charge is 0.240 e. The van der Waals surface area contributed by atoms with Crippen LogP contribution in [0.4, 0.5) is 4.39 Å². The summed E-state index contributed by atoms with van der Waals surface area (Å²) in [4.78, 5) is 13.2. The predicted octanol–water partition coefficient (Wildman–Crippen LogP) is 0.726. The van der Waals surface area contributed by atoms with E-state index < -0.39 is 15.8 Å². The second kappa shape index (κ2) is 5.66. The zero-order chi connectivity index (χ0) is 13.9. The van der Waals surface area contributed by atoms with Crippen molar-refractivity contribution >= 4 is 15.9 Å². The number of nitrogens with one attached hydrogen (secondary N) is 1. The summed E-state index contributed by atoms with van der Waals surface area (Å²) in [6.07, 6.45) is 1.15. The van der Waals surface area contributed by atoms with E-state index in [4.69, 9.17) is 0 Å². The number of carbonyl (C=O) groups is 1. The fraction of sp³-hybridized carbons (Fsp3) is 0.417. The summed E-state index contributed by atoms with van der Waals surface area (Å²) in [5.41, 5.74) is 0. The van der Waals surface area contributed by atoms with E-state index in [1.165, 1.54) is 12.1 Å². The molecule has 0 bridgehead atoms. The Morgan fingerprint density at radius 3 is 2.42 bits per heavy atom. The molecule has 1 aromatic rings. The molecule has 0 aromatic heterocycles. The molecule has 7 heteroatoms. The van der Waals surface area contributed by atoms with Gasteiger partial charge in [-0.25, -0.2) is 17.5 Å². The van der Waals surface area contributed by atoms with Gasteiger partial charge in [0.05, 0.1) is 4.90 Å². The van der Waals surface area contributed by atoms with Gasteiger partial charge in [0, 0.05) is 26.1 Å². The standard InChI is InChI=1S/C12H15FN2O3S/c13-10-2-4-11(5-3-10)19(17,18)14-7-6-12(16)15-8-1-9-15/h2-5,14H,1,6-9H2. The first kappa shape index (κ1) is 14.0. The molecule has 1 aliphatic heterocycles. The highest BCUT2D eigenvalue weighted by atomic mass is 32.2. The number of hydrogen-bond donors (Lipinski definition) is 1. The molecule has 19 heavy (non-hydrogen) atoms. The average Bonchev–Trinajstić information content (AvgIpc) is 2.26. The molecule has 0 radical (unpaired) electrons. The second-order valence-electron chi connectivity index (χ2n) is 4.34. The molecule has 1 heterocycles. The van der Waals surface area contributed by atoms with Crippen LogP contribution < -0.4 is 4.72 Å². The first-order chi connectivity index (χ1) is 8.99. The Morgan fingerprint density at radius 2 is 1.89 bits per heavy atom. The third-order valence-electron chi connectivity index (χ3n) is 2.96. The minimum absolute atomic E-state index is 0.00898. The van der Waals surface area contributed by atoms with E-state index in [0.717, 1.165) is 31.6 Å². The highest BCUT2D eigenvalue weighted by Crippen LogP contribution is 2.10. The van der Waals surface area contributed by atoms with E-state index in [-0.39, 0.29) is 23.8 Å². The summed E-state index contributed by atoms with van der Waals surface area (Å²) in [6.45, 7) is 1.56. The summed E-state index contributed by atoms with van der Waals surface area (Å²) in [7, 11) is -3.67. The molecule has 0 atom stereocenters. The van der Waals surface area contributed by atoms with Crippen LogP contribution in [0, 0.1) is 5.82 Å². The number of rotatable bonds is 5. The van der Waals surface area contributed by atoms with Crippen molar-refractivity contribution in [3.63, 3.8) is 0 Å².